The lowest BCUT2D eigenvalue weighted by atomic mass is 9.70. The molecule has 2 saturated carbocycles. The Labute approximate surface area is 130 Å². The minimum atomic E-state index is -0.433. The number of hydrogen-bond acceptors (Lipinski definition) is 3. The highest BCUT2D eigenvalue weighted by Gasteiger charge is 2.65. The number of fused-ring (bicyclic) bond motifs is 2. The molecule has 1 aromatic rings. The molecule has 2 amide bonds. The second-order valence-electron chi connectivity index (χ2n) is 6.90. The first-order chi connectivity index (χ1) is 10.4. The standard InChI is InChI=1S/C17H21N3O2/c1-16(2)12-9-10-17(16,3)14(21)13(12)19-20-15(22)18-11-7-5-4-6-8-11/h4-8,12H,9-10H2,1-3H3,(H2,18,20,22)/b19-13+/t12-,17-/m1/s1. The van der Waals surface area contributed by atoms with Crippen LogP contribution in [-0.4, -0.2) is 17.5 Å². The van der Waals surface area contributed by atoms with Crippen LogP contribution in [0.3, 0.4) is 0 Å². The monoisotopic (exact) mass is 299 g/mol. The maximum atomic E-state index is 12.6. The summed E-state index contributed by atoms with van der Waals surface area (Å²) < 4.78 is 0. The lowest BCUT2D eigenvalue weighted by Gasteiger charge is -2.31. The molecule has 2 fully saturated rings. The van der Waals surface area contributed by atoms with E-state index in [4.69, 9.17) is 0 Å². The molecule has 2 N–H and O–H groups in total. The van der Waals surface area contributed by atoms with Gasteiger partial charge >= 0.3 is 6.03 Å². The number of carbonyl (C=O) groups is 2. The average Bonchev–Trinajstić information content (AvgIpc) is 2.79. The van der Waals surface area contributed by atoms with Gasteiger partial charge in [0.25, 0.3) is 0 Å². The summed E-state index contributed by atoms with van der Waals surface area (Å²) in [4.78, 5) is 24.5. The van der Waals surface area contributed by atoms with E-state index in [1.165, 1.54) is 0 Å². The van der Waals surface area contributed by atoms with E-state index in [1.807, 2.05) is 25.1 Å². The van der Waals surface area contributed by atoms with Crippen LogP contribution in [0.15, 0.2) is 35.4 Å². The number of nitrogens with one attached hydrogen (secondary N) is 2. The molecule has 22 heavy (non-hydrogen) atoms. The van der Waals surface area contributed by atoms with Crippen LogP contribution in [0.2, 0.25) is 0 Å². The minimum Gasteiger partial charge on any atom is -0.307 e. The fourth-order valence-electron chi connectivity index (χ4n) is 3.75. The molecule has 2 aliphatic carbocycles. The first kappa shape index (κ1) is 14.8. The number of anilines is 1. The van der Waals surface area contributed by atoms with Crippen molar-refractivity contribution in [1.29, 1.82) is 0 Å². The highest BCUT2D eigenvalue weighted by atomic mass is 16.2. The number of ketones is 1. The van der Waals surface area contributed by atoms with Crippen molar-refractivity contribution in [2.24, 2.45) is 21.8 Å². The summed E-state index contributed by atoms with van der Waals surface area (Å²) in [7, 11) is 0. The average molecular weight is 299 g/mol. The van der Waals surface area contributed by atoms with Gasteiger partial charge in [-0.25, -0.2) is 10.2 Å². The number of rotatable bonds is 2. The fourth-order valence-corrected chi connectivity index (χ4v) is 3.75. The van der Waals surface area contributed by atoms with Crippen molar-refractivity contribution in [1.82, 2.24) is 5.43 Å². The van der Waals surface area contributed by atoms with Crippen molar-refractivity contribution in [3.8, 4) is 0 Å². The Morgan fingerprint density at radius 3 is 2.50 bits per heavy atom. The number of amides is 2. The number of urea groups is 1. The molecule has 3 rings (SSSR count). The van der Waals surface area contributed by atoms with Gasteiger partial charge in [-0.15, -0.1) is 0 Å². The number of Topliss-reactive ketones (excluding diaryl/α,β-unsaturated/α-hetero) is 1. The molecule has 5 heteroatoms. The molecule has 0 radical (unpaired) electrons. The van der Waals surface area contributed by atoms with Crippen LogP contribution in [0.4, 0.5) is 10.5 Å². The summed E-state index contributed by atoms with van der Waals surface area (Å²) in [5, 5.41) is 6.82. The van der Waals surface area contributed by atoms with Gasteiger partial charge in [-0.2, -0.15) is 5.10 Å². The first-order valence-electron chi connectivity index (χ1n) is 7.61. The Morgan fingerprint density at radius 2 is 1.91 bits per heavy atom. The third kappa shape index (κ3) is 2.03. The number of para-hydroxylation sites is 1. The molecular formula is C17H21N3O2. The maximum absolute atomic E-state index is 12.6. The van der Waals surface area contributed by atoms with E-state index in [9.17, 15) is 9.59 Å². The van der Waals surface area contributed by atoms with Gasteiger partial charge in [0, 0.05) is 17.0 Å². The van der Waals surface area contributed by atoms with E-state index in [0.717, 1.165) is 12.8 Å². The third-order valence-corrected chi connectivity index (χ3v) is 5.60. The Bertz CT molecular complexity index is 651. The van der Waals surface area contributed by atoms with Gasteiger partial charge in [0.1, 0.15) is 5.71 Å². The van der Waals surface area contributed by atoms with E-state index in [0.29, 0.717) is 11.4 Å². The van der Waals surface area contributed by atoms with E-state index in [1.54, 1.807) is 12.1 Å². The largest absolute Gasteiger partial charge is 0.339 e. The number of hydrogen-bond donors (Lipinski definition) is 2. The molecule has 0 aliphatic heterocycles. The van der Waals surface area contributed by atoms with Crippen LogP contribution in [0.1, 0.15) is 33.6 Å². The fraction of sp³-hybridized carbons (Fsp3) is 0.471. The summed E-state index contributed by atoms with van der Waals surface area (Å²) in [5.74, 6) is 0.204. The molecule has 0 spiro atoms. The molecular weight excluding hydrogens is 278 g/mol. The van der Waals surface area contributed by atoms with Crippen molar-refractivity contribution < 1.29 is 9.59 Å². The summed E-state index contributed by atoms with van der Waals surface area (Å²) in [6.07, 6.45) is 1.86. The van der Waals surface area contributed by atoms with Gasteiger partial charge in [-0.1, -0.05) is 39.0 Å². The van der Waals surface area contributed by atoms with Gasteiger partial charge in [0.2, 0.25) is 0 Å². The zero-order valence-corrected chi connectivity index (χ0v) is 13.1. The van der Waals surface area contributed by atoms with Crippen molar-refractivity contribution in [3.05, 3.63) is 30.3 Å². The smallest absolute Gasteiger partial charge is 0.307 e. The van der Waals surface area contributed by atoms with Crippen LogP contribution >= 0.6 is 0 Å². The number of hydrazone groups is 1. The van der Waals surface area contributed by atoms with Crippen LogP contribution in [-0.2, 0) is 4.79 Å². The highest BCUT2D eigenvalue weighted by molar-refractivity contribution is 6.45. The molecule has 5 nitrogen and oxygen atoms in total. The molecule has 2 atom stereocenters. The number of nitrogens with zero attached hydrogens (tertiary/aromatic N) is 1. The van der Waals surface area contributed by atoms with Gasteiger partial charge in [0.15, 0.2) is 5.78 Å². The maximum Gasteiger partial charge on any atom is 0.339 e. The van der Waals surface area contributed by atoms with Gasteiger partial charge in [-0.3, -0.25) is 4.79 Å². The lowest BCUT2D eigenvalue weighted by Crippen LogP contribution is -2.34. The molecule has 0 heterocycles. The number of carbonyl (C=O) groups excluding carboxylic acids is 2. The Morgan fingerprint density at radius 1 is 1.23 bits per heavy atom. The Hall–Kier alpha value is -2.17. The molecule has 1 aromatic carbocycles. The summed E-state index contributed by atoms with van der Waals surface area (Å²) in [6, 6.07) is 8.70. The molecule has 0 saturated heterocycles. The zero-order chi connectivity index (χ0) is 16.0. The molecule has 0 unspecified atom stereocenters. The SMILES string of the molecule is CC1(C)[C@@H]2CC[C@]1(C)C(=O)/C2=N/NC(=O)Nc1ccccc1. The van der Waals surface area contributed by atoms with Gasteiger partial charge in [-0.05, 0) is 30.4 Å². The quantitative estimate of drug-likeness (QED) is 0.823. The summed E-state index contributed by atoms with van der Waals surface area (Å²) >= 11 is 0. The van der Waals surface area contributed by atoms with Crippen molar-refractivity contribution in [2.75, 3.05) is 5.32 Å². The second kappa shape index (κ2) is 4.93. The zero-order valence-electron chi connectivity index (χ0n) is 13.1. The molecule has 116 valence electrons. The topological polar surface area (TPSA) is 70.6 Å². The van der Waals surface area contributed by atoms with E-state index in [-0.39, 0.29) is 22.5 Å². The van der Waals surface area contributed by atoms with Crippen molar-refractivity contribution in [2.45, 2.75) is 33.6 Å². The predicted molar refractivity (Wildman–Crippen MR) is 85.7 cm³/mol. The van der Waals surface area contributed by atoms with Crippen molar-refractivity contribution in [3.63, 3.8) is 0 Å². The Balaban J connectivity index is 1.72. The van der Waals surface area contributed by atoms with Gasteiger partial charge in [0.05, 0.1) is 0 Å². The van der Waals surface area contributed by atoms with E-state index in [2.05, 4.69) is 29.7 Å². The van der Waals surface area contributed by atoms with E-state index < -0.39 is 6.03 Å². The normalized spacial score (nSPS) is 30.6. The van der Waals surface area contributed by atoms with Crippen molar-refractivity contribution >= 4 is 23.2 Å². The first-order valence-corrected chi connectivity index (χ1v) is 7.61. The van der Waals surface area contributed by atoms with Crippen LogP contribution < -0.4 is 10.7 Å². The van der Waals surface area contributed by atoms with Crippen LogP contribution in [0.5, 0.6) is 0 Å². The summed E-state index contributed by atoms with van der Waals surface area (Å²) in [5.41, 5.74) is 3.21. The number of benzene rings is 1. The predicted octanol–water partition coefficient (Wildman–Crippen LogP) is 3.19. The van der Waals surface area contributed by atoms with Crippen LogP contribution in [0, 0.1) is 16.7 Å². The molecule has 2 bridgehead atoms. The summed E-state index contributed by atoms with van der Waals surface area (Å²) in [6.45, 7) is 6.26. The third-order valence-electron chi connectivity index (χ3n) is 5.60. The Kier molecular flexibility index (Phi) is 3.31. The minimum absolute atomic E-state index is 0.0776. The van der Waals surface area contributed by atoms with Gasteiger partial charge < -0.3 is 5.32 Å². The lowest BCUT2D eigenvalue weighted by molar-refractivity contribution is -0.123. The molecule has 2 aliphatic rings. The van der Waals surface area contributed by atoms with Crippen LogP contribution in [0.25, 0.3) is 0 Å². The second-order valence-corrected chi connectivity index (χ2v) is 6.90. The molecule has 0 aromatic heterocycles. The highest BCUT2D eigenvalue weighted by Crippen LogP contribution is 2.62. The van der Waals surface area contributed by atoms with E-state index >= 15 is 0 Å².